The fourth-order valence-electron chi connectivity index (χ4n) is 2.61. The number of anilines is 1. The summed E-state index contributed by atoms with van der Waals surface area (Å²) in [5, 5.41) is 8.63. The van der Waals surface area contributed by atoms with Crippen molar-refractivity contribution in [2.24, 2.45) is 0 Å². The molecule has 1 aromatic carbocycles. The third-order valence-electron chi connectivity index (χ3n) is 3.91. The molecule has 138 valence electrons. The molecule has 2 heterocycles. The number of hydrogen-bond donors (Lipinski definition) is 1. The number of rotatable bonds is 5. The predicted molar refractivity (Wildman–Crippen MR) is 95.7 cm³/mol. The van der Waals surface area contributed by atoms with Crippen LogP contribution < -0.4 is 4.90 Å². The van der Waals surface area contributed by atoms with Gasteiger partial charge < -0.3 is 9.84 Å². The Morgan fingerprint density at radius 2 is 1.93 bits per heavy atom. The number of pyridine rings is 1. The number of thioether (sulfide) groups is 1. The van der Waals surface area contributed by atoms with Gasteiger partial charge in [0.25, 0.3) is 0 Å². The number of imide groups is 1. The van der Waals surface area contributed by atoms with Gasteiger partial charge in [0.2, 0.25) is 11.8 Å². The Morgan fingerprint density at radius 1 is 1.22 bits per heavy atom. The molecule has 27 heavy (non-hydrogen) atoms. The molecule has 1 aliphatic heterocycles. The Hall–Kier alpha value is -3.20. The van der Waals surface area contributed by atoms with Crippen LogP contribution in [0.1, 0.15) is 27.1 Å². The normalized spacial score (nSPS) is 16.5. The van der Waals surface area contributed by atoms with E-state index in [-0.39, 0.29) is 17.0 Å². The van der Waals surface area contributed by atoms with Crippen molar-refractivity contribution in [3.63, 3.8) is 0 Å². The van der Waals surface area contributed by atoms with E-state index in [1.54, 1.807) is 0 Å². The lowest BCUT2D eigenvalue weighted by Crippen LogP contribution is -2.31. The van der Waals surface area contributed by atoms with Crippen molar-refractivity contribution in [1.82, 2.24) is 4.98 Å². The minimum Gasteiger partial charge on any atom is -0.478 e. The Labute approximate surface area is 158 Å². The molecule has 2 aromatic rings. The van der Waals surface area contributed by atoms with Crippen molar-refractivity contribution in [3.8, 4) is 0 Å². The summed E-state index contributed by atoms with van der Waals surface area (Å²) >= 11 is 0.950. The van der Waals surface area contributed by atoms with Gasteiger partial charge in [-0.2, -0.15) is 0 Å². The lowest BCUT2D eigenvalue weighted by molar-refractivity contribution is -0.121. The van der Waals surface area contributed by atoms with E-state index in [0.29, 0.717) is 11.3 Å². The Balaban J connectivity index is 1.81. The van der Waals surface area contributed by atoms with Crippen molar-refractivity contribution in [1.29, 1.82) is 0 Å². The lowest BCUT2D eigenvalue weighted by Gasteiger charge is -2.15. The highest BCUT2D eigenvalue weighted by molar-refractivity contribution is 8.00. The molecule has 0 bridgehead atoms. The molecule has 1 saturated heterocycles. The molecule has 0 aliphatic carbocycles. The van der Waals surface area contributed by atoms with Crippen LogP contribution in [0.15, 0.2) is 47.6 Å². The van der Waals surface area contributed by atoms with Crippen molar-refractivity contribution in [2.45, 2.75) is 16.7 Å². The fraction of sp³-hybridized carbons (Fsp3) is 0.167. The summed E-state index contributed by atoms with van der Waals surface area (Å²) in [5.74, 6) is -2.54. The first-order valence-corrected chi connectivity index (χ1v) is 8.70. The second-order valence-corrected chi connectivity index (χ2v) is 6.77. The number of carboxylic acids is 1. The number of carbonyl (C=O) groups excluding carboxylic acids is 3. The summed E-state index contributed by atoms with van der Waals surface area (Å²) in [6.07, 6.45) is 1.36. The number of ether oxygens (including phenoxy) is 1. The van der Waals surface area contributed by atoms with Gasteiger partial charge in [-0.1, -0.05) is 11.8 Å². The van der Waals surface area contributed by atoms with Crippen LogP contribution in [0.2, 0.25) is 0 Å². The highest BCUT2D eigenvalue weighted by atomic mass is 32.2. The van der Waals surface area contributed by atoms with Crippen LogP contribution in [0.4, 0.5) is 5.69 Å². The van der Waals surface area contributed by atoms with Gasteiger partial charge >= 0.3 is 11.9 Å². The van der Waals surface area contributed by atoms with E-state index in [2.05, 4.69) is 9.72 Å². The molecule has 3 rings (SSSR count). The third kappa shape index (κ3) is 3.68. The second kappa shape index (κ2) is 7.58. The topological polar surface area (TPSA) is 114 Å². The summed E-state index contributed by atoms with van der Waals surface area (Å²) in [5.41, 5.74) is 0.606. The van der Waals surface area contributed by atoms with E-state index >= 15 is 0 Å². The van der Waals surface area contributed by atoms with E-state index in [9.17, 15) is 24.3 Å². The largest absolute Gasteiger partial charge is 0.478 e. The second-order valence-electron chi connectivity index (χ2n) is 5.58. The molecular formula is C18H14N2O6S. The molecule has 1 fully saturated rings. The number of carbonyl (C=O) groups is 4. The zero-order valence-electron chi connectivity index (χ0n) is 14.1. The van der Waals surface area contributed by atoms with Gasteiger partial charge in [0.1, 0.15) is 5.03 Å². The number of carboxylic acid groups (broad SMARTS) is 1. The smallest absolute Gasteiger partial charge is 0.338 e. The maximum atomic E-state index is 12.7. The molecule has 0 saturated carbocycles. The minimum absolute atomic E-state index is 0.0244. The van der Waals surface area contributed by atoms with Crippen molar-refractivity contribution in [3.05, 3.63) is 53.7 Å². The van der Waals surface area contributed by atoms with E-state index in [4.69, 9.17) is 0 Å². The SMILES string of the molecule is COC(=O)c1ccc(N2C(=O)CC(Sc3ncccc3C(=O)O)C2=O)cc1. The molecule has 1 aromatic heterocycles. The Morgan fingerprint density at radius 3 is 2.56 bits per heavy atom. The van der Waals surface area contributed by atoms with Crippen molar-refractivity contribution < 1.29 is 29.0 Å². The summed E-state index contributed by atoms with van der Waals surface area (Å²) in [7, 11) is 1.26. The summed E-state index contributed by atoms with van der Waals surface area (Å²) < 4.78 is 4.61. The molecule has 1 atom stereocenters. The lowest BCUT2D eigenvalue weighted by atomic mass is 10.2. The maximum Gasteiger partial charge on any atom is 0.338 e. The van der Waals surface area contributed by atoms with Crippen LogP contribution in [0.5, 0.6) is 0 Å². The Kier molecular flexibility index (Phi) is 5.22. The predicted octanol–water partition coefficient (Wildman–Crippen LogP) is 1.99. The number of nitrogens with zero attached hydrogens (tertiary/aromatic N) is 2. The average molecular weight is 386 g/mol. The van der Waals surface area contributed by atoms with Crippen LogP contribution in [-0.4, -0.2) is 46.2 Å². The van der Waals surface area contributed by atoms with E-state index in [1.165, 1.54) is 49.7 Å². The van der Waals surface area contributed by atoms with Gasteiger partial charge in [-0.25, -0.2) is 19.5 Å². The highest BCUT2D eigenvalue weighted by Gasteiger charge is 2.41. The quantitative estimate of drug-likeness (QED) is 0.613. The number of hydrogen-bond acceptors (Lipinski definition) is 7. The molecule has 1 N–H and O–H groups in total. The molecule has 0 radical (unpaired) electrons. The summed E-state index contributed by atoms with van der Waals surface area (Å²) in [6, 6.07) is 8.77. The molecule has 1 unspecified atom stereocenters. The first kappa shape index (κ1) is 18.6. The maximum absolute atomic E-state index is 12.7. The van der Waals surface area contributed by atoms with Gasteiger partial charge in [0, 0.05) is 12.6 Å². The number of methoxy groups -OCH3 is 1. The van der Waals surface area contributed by atoms with Crippen LogP contribution in [-0.2, 0) is 14.3 Å². The number of amides is 2. The minimum atomic E-state index is -1.15. The van der Waals surface area contributed by atoms with E-state index in [0.717, 1.165) is 16.7 Å². The molecule has 0 spiro atoms. The monoisotopic (exact) mass is 386 g/mol. The van der Waals surface area contributed by atoms with Gasteiger partial charge in [0.15, 0.2) is 0 Å². The summed E-state index contributed by atoms with van der Waals surface area (Å²) in [6.45, 7) is 0. The molecule has 8 nitrogen and oxygen atoms in total. The van der Waals surface area contributed by atoms with Crippen molar-refractivity contribution in [2.75, 3.05) is 12.0 Å². The van der Waals surface area contributed by atoms with Gasteiger partial charge in [-0.3, -0.25) is 9.59 Å². The number of aromatic carboxylic acids is 1. The van der Waals surface area contributed by atoms with Gasteiger partial charge in [-0.15, -0.1) is 0 Å². The average Bonchev–Trinajstić information content (AvgIpc) is 2.95. The zero-order valence-corrected chi connectivity index (χ0v) is 14.9. The molecular weight excluding hydrogens is 372 g/mol. The third-order valence-corrected chi connectivity index (χ3v) is 5.11. The number of esters is 1. The van der Waals surface area contributed by atoms with E-state index < -0.39 is 29.0 Å². The van der Waals surface area contributed by atoms with Crippen LogP contribution in [0.25, 0.3) is 0 Å². The van der Waals surface area contributed by atoms with Crippen LogP contribution >= 0.6 is 11.8 Å². The standard InChI is InChI=1S/C18H14N2O6S/c1-26-18(25)10-4-6-11(7-5-10)20-14(21)9-13(16(20)22)27-15-12(17(23)24)3-2-8-19-15/h2-8,13H,9H2,1H3,(H,23,24). The van der Waals surface area contributed by atoms with Crippen LogP contribution in [0, 0.1) is 0 Å². The van der Waals surface area contributed by atoms with Crippen LogP contribution in [0.3, 0.4) is 0 Å². The van der Waals surface area contributed by atoms with Gasteiger partial charge in [0.05, 0.1) is 29.2 Å². The Bertz CT molecular complexity index is 928. The number of aromatic nitrogens is 1. The number of benzene rings is 1. The molecule has 2 amide bonds. The van der Waals surface area contributed by atoms with Gasteiger partial charge in [-0.05, 0) is 36.4 Å². The first-order valence-electron chi connectivity index (χ1n) is 7.82. The molecule has 1 aliphatic rings. The zero-order chi connectivity index (χ0) is 19.6. The van der Waals surface area contributed by atoms with E-state index in [1.807, 2.05) is 0 Å². The first-order chi connectivity index (χ1) is 12.9. The molecule has 9 heteroatoms. The highest BCUT2D eigenvalue weighted by Crippen LogP contribution is 2.34. The summed E-state index contributed by atoms with van der Waals surface area (Å²) in [4.78, 5) is 52.9. The fourth-order valence-corrected chi connectivity index (χ4v) is 3.72. The van der Waals surface area contributed by atoms with Crippen molar-refractivity contribution >= 4 is 41.2 Å².